The monoisotopic (exact) mass is 192 g/mol. The van der Waals surface area contributed by atoms with Crippen LogP contribution in [0.3, 0.4) is 0 Å². The highest BCUT2D eigenvalue weighted by Gasteiger charge is 2.05. The first-order chi connectivity index (χ1) is 6.31. The van der Waals surface area contributed by atoms with E-state index in [-0.39, 0.29) is 0 Å². The van der Waals surface area contributed by atoms with E-state index in [1.807, 2.05) is 24.3 Å². The SMILES string of the molecule is C=CS(=O)c1nc2ccccc2[nH]1. The van der Waals surface area contributed by atoms with Crippen molar-refractivity contribution in [2.45, 2.75) is 5.16 Å². The van der Waals surface area contributed by atoms with Crippen molar-refractivity contribution < 1.29 is 4.21 Å². The fourth-order valence-corrected chi connectivity index (χ4v) is 1.66. The summed E-state index contributed by atoms with van der Waals surface area (Å²) in [5.41, 5.74) is 1.72. The topological polar surface area (TPSA) is 45.8 Å². The molecule has 4 heteroatoms. The molecule has 1 unspecified atom stereocenters. The standard InChI is InChI=1S/C9H8N2OS/c1-2-13(12)9-10-7-5-3-4-6-8(7)11-9/h2-6H,1H2,(H,10,11). The molecule has 1 N–H and O–H groups in total. The first-order valence-electron chi connectivity index (χ1n) is 3.79. The van der Waals surface area contributed by atoms with E-state index in [0.717, 1.165) is 11.0 Å². The second-order valence-corrected chi connectivity index (χ2v) is 3.84. The maximum Gasteiger partial charge on any atom is 0.201 e. The molecule has 66 valence electrons. The van der Waals surface area contributed by atoms with E-state index < -0.39 is 10.8 Å². The van der Waals surface area contributed by atoms with Crippen LogP contribution < -0.4 is 0 Å². The Bertz CT molecular complexity index is 442. The van der Waals surface area contributed by atoms with Gasteiger partial charge in [0.05, 0.1) is 11.0 Å². The van der Waals surface area contributed by atoms with Gasteiger partial charge in [0.25, 0.3) is 0 Å². The lowest BCUT2D eigenvalue weighted by molar-refractivity contribution is 0.683. The van der Waals surface area contributed by atoms with Crippen LogP contribution in [0.1, 0.15) is 0 Å². The minimum absolute atomic E-state index is 0.455. The minimum atomic E-state index is -1.23. The van der Waals surface area contributed by atoms with Crippen molar-refractivity contribution in [1.29, 1.82) is 0 Å². The largest absolute Gasteiger partial charge is 0.331 e. The predicted molar refractivity (Wildman–Crippen MR) is 52.7 cm³/mol. The van der Waals surface area contributed by atoms with Gasteiger partial charge in [-0.15, -0.1) is 0 Å². The van der Waals surface area contributed by atoms with Gasteiger partial charge in [-0.3, -0.25) is 0 Å². The third-order valence-electron chi connectivity index (χ3n) is 1.71. The maximum atomic E-state index is 11.3. The number of hydrogen-bond acceptors (Lipinski definition) is 2. The van der Waals surface area contributed by atoms with Gasteiger partial charge in [0.15, 0.2) is 0 Å². The van der Waals surface area contributed by atoms with Crippen molar-refractivity contribution in [3.63, 3.8) is 0 Å². The number of fused-ring (bicyclic) bond motifs is 1. The molecular weight excluding hydrogens is 184 g/mol. The third-order valence-corrected chi connectivity index (χ3v) is 2.59. The Labute approximate surface area is 78.0 Å². The molecule has 0 bridgehead atoms. The molecule has 13 heavy (non-hydrogen) atoms. The molecule has 0 aliphatic heterocycles. The zero-order valence-electron chi connectivity index (χ0n) is 6.86. The number of H-pyrrole nitrogens is 1. The van der Waals surface area contributed by atoms with Crippen LogP contribution in [-0.4, -0.2) is 14.2 Å². The van der Waals surface area contributed by atoms with Gasteiger partial charge in [-0.2, -0.15) is 0 Å². The minimum Gasteiger partial charge on any atom is -0.331 e. The van der Waals surface area contributed by atoms with Crippen molar-refractivity contribution in [3.05, 3.63) is 36.3 Å². The zero-order chi connectivity index (χ0) is 9.26. The molecule has 2 rings (SSSR count). The fraction of sp³-hybridized carbons (Fsp3) is 0. The number of nitrogens with one attached hydrogen (secondary N) is 1. The van der Waals surface area contributed by atoms with E-state index >= 15 is 0 Å². The highest BCUT2D eigenvalue weighted by Crippen LogP contribution is 2.12. The molecule has 1 aromatic carbocycles. The third kappa shape index (κ3) is 1.40. The summed E-state index contributed by atoms with van der Waals surface area (Å²) in [4.78, 5) is 7.12. The average molecular weight is 192 g/mol. The quantitative estimate of drug-likeness (QED) is 0.788. The van der Waals surface area contributed by atoms with E-state index in [9.17, 15) is 4.21 Å². The Kier molecular flexibility index (Phi) is 1.98. The number of rotatable bonds is 2. The molecule has 0 radical (unpaired) electrons. The molecule has 0 saturated heterocycles. The van der Waals surface area contributed by atoms with Gasteiger partial charge in [0.1, 0.15) is 10.8 Å². The van der Waals surface area contributed by atoms with Gasteiger partial charge in [-0.05, 0) is 12.1 Å². The summed E-state index contributed by atoms with van der Waals surface area (Å²) in [7, 11) is -1.23. The molecular formula is C9H8N2OS. The van der Waals surface area contributed by atoms with Crippen molar-refractivity contribution >= 4 is 21.8 Å². The molecule has 1 atom stereocenters. The van der Waals surface area contributed by atoms with E-state index in [2.05, 4.69) is 16.5 Å². The number of hydrogen-bond donors (Lipinski definition) is 1. The number of benzene rings is 1. The molecule has 3 nitrogen and oxygen atoms in total. The second-order valence-electron chi connectivity index (χ2n) is 2.52. The van der Waals surface area contributed by atoms with Crippen LogP contribution in [-0.2, 0) is 10.8 Å². The zero-order valence-corrected chi connectivity index (χ0v) is 7.67. The maximum absolute atomic E-state index is 11.3. The fourth-order valence-electron chi connectivity index (χ4n) is 1.10. The summed E-state index contributed by atoms with van der Waals surface area (Å²) >= 11 is 0. The van der Waals surface area contributed by atoms with Crippen LogP contribution in [0, 0.1) is 0 Å². The summed E-state index contributed by atoms with van der Waals surface area (Å²) in [6, 6.07) is 7.56. The lowest BCUT2D eigenvalue weighted by Crippen LogP contribution is -1.87. The molecule has 0 aliphatic rings. The Hall–Kier alpha value is -1.42. The molecule has 0 fully saturated rings. The van der Waals surface area contributed by atoms with Crippen molar-refractivity contribution in [2.24, 2.45) is 0 Å². The van der Waals surface area contributed by atoms with Gasteiger partial charge >= 0.3 is 0 Å². The van der Waals surface area contributed by atoms with Crippen LogP contribution in [0.2, 0.25) is 0 Å². The highest BCUT2D eigenvalue weighted by molar-refractivity contribution is 7.87. The van der Waals surface area contributed by atoms with Gasteiger partial charge < -0.3 is 4.98 Å². The van der Waals surface area contributed by atoms with Gasteiger partial charge in [0.2, 0.25) is 5.16 Å². The van der Waals surface area contributed by atoms with E-state index in [0.29, 0.717) is 5.16 Å². The van der Waals surface area contributed by atoms with E-state index in [1.54, 1.807) is 0 Å². The summed E-state index contributed by atoms with van der Waals surface area (Å²) in [6.45, 7) is 3.45. The van der Waals surface area contributed by atoms with E-state index in [1.165, 1.54) is 5.41 Å². The number of aromatic nitrogens is 2. The molecule has 0 amide bonds. The Balaban J connectivity index is 2.62. The Morgan fingerprint density at radius 2 is 2.23 bits per heavy atom. The Morgan fingerprint density at radius 1 is 1.46 bits per heavy atom. The molecule has 0 aliphatic carbocycles. The number of aromatic amines is 1. The second kappa shape index (κ2) is 3.14. The average Bonchev–Trinajstić information content (AvgIpc) is 2.59. The van der Waals surface area contributed by atoms with Gasteiger partial charge in [-0.1, -0.05) is 18.7 Å². The van der Waals surface area contributed by atoms with Crippen molar-refractivity contribution in [1.82, 2.24) is 9.97 Å². The lowest BCUT2D eigenvalue weighted by atomic mass is 10.3. The summed E-state index contributed by atoms with van der Waals surface area (Å²) in [5.74, 6) is 0. The lowest BCUT2D eigenvalue weighted by Gasteiger charge is -1.84. The van der Waals surface area contributed by atoms with Crippen LogP contribution in [0.4, 0.5) is 0 Å². The smallest absolute Gasteiger partial charge is 0.201 e. The van der Waals surface area contributed by atoms with Crippen molar-refractivity contribution in [2.75, 3.05) is 0 Å². The van der Waals surface area contributed by atoms with Crippen molar-refractivity contribution in [3.8, 4) is 0 Å². The normalized spacial score (nSPS) is 12.9. The number of nitrogens with zero attached hydrogens (tertiary/aromatic N) is 1. The molecule has 0 spiro atoms. The van der Waals surface area contributed by atoms with Crippen LogP contribution >= 0.6 is 0 Å². The first-order valence-corrected chi connectivity index (χ1v) is 5.00. The summed E-state index contributed by atoms with van der Waals surface area (Å²) in [5, 5.41) is 1.81. The number of para-hydroxylation sites is 2. The van der Waals surface area contributed by atoms with E-state index in [4.69, 9.17) is 0 Å². The molecule has 0 saturated carbocycles. The van der Waals surface area contributed by atoms with Gasteiger partial charge in [0, 0.05) is 5.41 Å². The highest BCUT2D eigenvalue weighted by atomic mass is 32.2. The summed E-state index contributed by atoms with van der Waals surface area (Å²) in [6.07, 6.45) is 0. The molecule has 1 aromatic heterocycles. The predicted octanol–water partition coefficient (Wildman–Crippen LogP) is 1.81. The molecule has 2 aromatic rings. The first kappa shape index (κ1) is 8.19. The summed E-state index contributed by atoms with van der Waals surface area (Å²) < 4.78 is 11.3. The van der Waals surface area contributed by atoms with Gasteiger partial charge in [-0.25, -0.2) is 9.19 Å². The van der Waals surface area contributed by atoms with Crippen LogP contribution in [0.15, 0.2) is 41.4 Å². The van der Waals surface area contributed by atoms with Crippen LogP contribution in [0.25, 0.3) is 11.0 Å². The number of imidazole rings is 1. The Morgan fingerprint density at radius 3 is 2.92 bits per heavy atom. The molecule has 1 heterocycles. The van der Waals surface area contributed by atoms with Crippen LogP contribution in [0.5, 0.6) is 0 Å².